The number of nitrogens with zero attached hydrogens (tertiary/aromatic N) is 1. The first kappa shape index (κ1) is 21.7. The van der Waals surface area contributed by atoms with Gasteiger partial charge in [0.05, 0.1) is 12.2 Å². The fraction of sp³-hybridized carbons (Fsp3) is 0.375. The molecule has 4 rings (SSSR count). The quantitative estimate of drug-likeness (QED) is 0.417. The summed E-state index contributed by atoms with van der Waals surface area (Å²) in [7, 11) is 1.94. The maximum absolute atomic E-state index is 13.2. The molecule has 0 spiro atoms. The summed E-state index contributed by atoms with van der Waals surface area (Å²) in [4.78, 5) is 13.8. The van der Waals surface area contributed by atoms with E-state index in [1.807, 2.05) is 17.7 Å². The number of carbonyl (C=O) groups is 1. The molecule has 0 amide bonds. The third-order valence-electron chi connectivity index (χ3n) is 5.92. The van der Waals surface area contributed by atoms with Crippen LogP contribution in [0.3, 0.4) is 0 Å². The summed E-state index contributed by atoms with van der Waals surface area (Å²) in [5.41, 5.74) is 3.15. The number of piperidine rings is 1. The van der Waals surface area contributed by atoms with Crippen LogP contribution in [0.1, 0.15) is 47.3 Å². The molecule has 0 bridgehead atoms. The fourth-order valence-corrected chi connectivity index (χ4v) is 5.25. The number of aryl methyl sites for hydroxylation is 1. The molecule has 1 aliphatic rings. The van der Waals surface area contributed by atoms with Crippen LogP contribution in [0.4, 0.5) is 4.39 Å². The Balaban J connectivity index is 1.77. The number of fused-ring (bicyclic) bond motifs is 1. The van der Waals surface area contributed by atoms with E-state index < -0.39 is 5.97 Å². The van der Waals surface area contributed by atoms with Gasteiger partial charge in [0.1, 0.15) is 11.6 Å². The molecule has 31 heavy (non-hydrogen) atoms. The second-order valence-corrected chi connectivity index (χ2v) is 8.84. The van der Waals surface area contributed by atoms with Crippen molar-refractivity contribution < 1.29 is 19.0 Å². The number of nitrogens with one attached hydrogen (secondary N) is 1. The van der Waals surface area contributed by atoms with Gasteiger partial charge in [-0.3, -0.25) is 0 Å². The van der Waals surface area contributed by atoms with Crippen LogP contribution >= 0.6 is 11.8 Å². The summed E-state index contributed by atoms with van der Waals surface area (Å²) in [6.45, 7) is 3.92. The smallest absolute Gasteiger partial charge is 0.340 e. The Bertz CT molecular complexity index is 1090. The Morgan fingerprint density at radius 1 is 1.26 bits per heavy atom. The Morgan fingerprint density at radius 3 is 2.65 bits per heavy atom. The van der Waals surface area contributed by atoms with E-state index in [2.05, 4.69) is 5.32 Å². The highest BCUT2D eigenvalue weighted by atomic mass is 32.2. The van der Waals surface area contributed by atoms with Crippen molar-refractivity contribution in [2.24, 2.45) is 7.05 Å². The molecule has 1 fully saturated rings. The Morgan fingerprint density at radius 2 is 1.97 bits per heavy atom. The standard InChI is InChI=1S/C24H27FN2O3S/c1-3-30-24(29)23-19-13-22(28)18(15-8-10-26-11-9-15)12-20(19)27(2)21(23)14-31-17-6-4-16(25)5-7-17/h4-7,12-13,15,26,28H,3,8-11,14H2,1-2H3. The van der Waals surface area contributed by atoms with Crippen LogP contribution in [-0.2, 0) is 17.5 Å². The largest absolute Gasteiger partial charge is 0.508 e. The van der Waals surface area contributed by atoms with Gasteiger partial charge in [-0.15, -0.1) is 11.8 Å². The lowest BCUT2D eigenvalue weighted by Crippen LogP contribution is -2.26. The summed E-state index contributed by atoms with van der Waals surface area (Å²) in [5, 5.41) is 14.9. The van der Waals surface area contributed by atoms with Crippen molar-refractivity contribution in [3.8, 4) is 5.75 Å². The van der Waals surface area contributed by atoms with E-state index in [0.717, 1.165) is 47.6 Å². The Hall–Kier alpha value is -2.51. The number of hydrogen-bond acceptors (Lipinski definition) is 5. The summed E-state index contributed by atoms with van der Waals surface area (Å²) >= 11 is 1.53. The zero-order valence-electron chi connectivity index (χ0n) is 17.8. The van der Waals surface area contributed by atoms with E-state index in [1.165, 1.54) is 23.9 Å². The van der Waals surface area contributed by atoms with Crippen LogP contribution < -0.4 is 5.32 Å². The lowest BCUT2D eigenvalue weighted by Gasteiger charge is -2.24. The molecule has 0 atom stereocenters. The molecule has 1 aliphatic heterocycles. The van der Waals surface area contributed by atoms with E-state index in [4.69, 9.17) is 4.74 Å². The molecule has 5 nitrogen and oxygen atoms in total. The molecule has 2 heterocycles. The summed E-state index contributed by atoms with van der Waals surface area (Å²) in [6, 6.07) is 10.1. The number of carbonyl (C=O) groups excluding carboxylic acids is 1. The topological polar surface area (TPSA) is 63.5 Å². The van der Waals surface area contributed by atoms with Crippen LogP contribution in [-0.4, -0.2) is 35.3 Å². The van der Waals surface area contributed by atoms with Crippen molar-refractivity contribution in [1.82, 2.24) is 9.88 Å². The number of aromatic nitrogens is 1. The van der Waals surface area contributed by atoms with Gasteiger partial charge in [-0.2, -0.15) is 0 Å². The van der Waals surface area contributed by atoms with Gasteiger partial charge in [-0.05, 0) is 80.7 Å². The number of phenols is 1. The second kappa shape index (κ2) is 9.32. The summed E-state index contributed by atoms with van der Waals surface area (Å²) in [6.07, 6.45) is 1.95. The lowest BCUT2D eigenvalue weighted by atomic mass is 9.89. The SMILES string of the molecule is CCOC(=O)c1c(CSc2ccc(F)cc2)n(C)c2cc(C3CCNCC3)c(O)cc12. The molecular formula is C24H27FN2O3S. The van der Waals surface area contributed by atoms with Gasteiger partial charge in [-0.1, -0.05) is 0 Å². The van der Waals surface area contributed by atoms with Crippen LogP contribution in [0, 0.1) is 5.82 Å². The van der Waals surface area contributed by atoms with E-state index >= 15 is 0 Å². The number of hydrogen-bond donors (Lipinski definition) is 2. The first-order valence-electron chi connectivity index (χ1n) is 10.6. The average molecular weight is 443 g/mol. The highest BCUT2D eigenvalue weighted by Gasteiger charge is 2.26. The van der Waals surface area contributed by atoms with Crippen LogP contribution in [0.15, 0.2) is 41.3 Å². The Kier molecular flexibility index (Phi) is 6.53. The third-order valence-corrected chi connectivity index (χ3v) is 6.94. The minimum absolute atomic E-state index is 0.230. The van der Waals surface area contributed by atoms with Gasteiger partial charge < -0.3 is 19.7 Å². The monoisotopic (exact) mass is 442 g/mol. The fourth-order valence-electron chi connectivity index (χ4n) is 4.28. The van der Waals surface area contributed by atoms with Crippen molar-refractivity contribution in [1.29, 1.82) is 0 Å². The number of esters is 1. The van der Waals surface area contributed by atoms with Crippen LogP contribution in [0.5, 0.6) is 5.75 Å². The number of halogens is 1. The molecule has 164 valence electrons. The molecule has 2 aromatic carbocycles. The van der Waals surface area contributed by atoms with Crippen molar-refractivity contribution in [2.75, 3.05) is 19.7 Å². The predicted molar refractivity (Wildman–Crippen MR) is 121 cm³/mol. The zero-order valence-corrected chi connectivity index (χ0v) is 18.6. The van der Waals surface area contributed by atoms with Gasteiger partial charge in [0.2, 0.25) is 0 Å². The normalized spacial score (nSPS) is 14.8. The van der Waals surface area contributed by atoms with Crippen molar-refractivity contribution in [3.05, 3.63) is 59.0 Å². The molecule has 0 radical (unpaired) electrons. The number of ether oxygens (including phenoxy) is 1. The van der Waals surface area contributed by atoms with Gasteiger partial charge in [0.25, 0.3) is 0 Å². The van der Waals surface area contributed by atoms with E-state index in [0.29, 0.717) is 22.6 Å². The van der Waals surface area contributed by atoms with E-state index in [-0.39, 0.29) is 18.2 Å². The van der Waals surface area contributed by atoms with E-state index in [1.54, 1.807) is 25.1 Å². The molecule has 3 aromatic rings. The molecular weight excluding hydrogens is 415 g/mol. The van der Waals surface area contributed by atoms with Gasteiger partial charge in [0, 0.05) is 34.3 Å². The molecule has 0 aliphatic carbocycles. The van der Waals surface area contributed by atoms with E-state index in [9.17, 15) is 14.3 Å². The number of benzene rings is 2. The predicted octanol–water partition coefficient (Wildman–Crippen LogP) is 4.96. The molecule has 1 saturated heterocycles. The first-order valence-corrected chi connectivity index (χ1v) is 11.6. The summed E-state index contributed by atoms with van der Waals surface area (Å²) < 4.78 is 20.6. The molecule has 0 unspecified atom stereocenters. The highest BCUT2D eigenvalue weighted by Crippen LogP contribution is 2.39. The maximum atomic E-state index is 13.2. The van der Waals surface area contributed by atoms with Crippen LogP contribution in [0.25, 0.3) is 10.9 Å². The number of thioether (sulfide) groups is 1. The first-order chi connectivity index (χ1) is 15.0. The molecule has 2 N–H and O–H groups in total. The zero-order chi connectivity index (χ0) is 22.0. The summed E-state index contributed by atoms with van der Waals surface area (Å²) in [5.74, 6) is 0.379. The van der Waals surface area contributed by atoms with Crippen LogP contribution in [0.2, 0.25) is 0 Å². The van der Waals surface area contributed by atoms with Crippen molar-refractivity contribution in [3.63, 3.8) is 0 Å². The number of phenolic OH excluding ortho intramolecular Hbond substituents is 1. The van der Waals surface area contributed by atoms with Gasteiger partial charge >= 0.3 is 5.97 Å². The Labute approximate surface area is 185 Å². The third kappa shape index (κ3) is 4.43. The van der Waals surface area contributed by atoms with Gasteiger partial charge in [0.15, 0.2) is 0 Å². The van der Waals surface area contributed by atoms with Crippen molar-refractivity contribution >= 4 is 28.6 Å². The second-order valence-electron chi connectivity index (χ2n) is 7.80. The maximum Gasteiger partial charge on any atom is 0.340 e. The molecule has 7 heteroatoms. The minimum Gasteiger partial charge on any atom is -0.508 e. The number of rotatable bonds is 6. The highest BCUT2D eigenvalue weighted by molar-refractivity contribution is 7.98. The minimum atomic E-state index is -0.392. The number of aromatic hydroxyl groups is 1. The molecule has 1 aromatic heterocycles. The lowest BCUT2D eigenvalue weighted by molar-refractivity contribution is 0.0527. The van der Waals surface area contributed by atoms with Crippen molar-refractivity contribution in [2.45, 2.75) is 36.3 Å². The van der Waals surface area contributed by atoms with Gasteiger partial charge in [-0.25, -0.2) is 9.18 Å². The molecule has 0 saturated carbocycles. The average Bonchev–Trinajstić information content (AvgIpc) is 3.04.